The molecule has 0 aliphatic carbocycles. The van der Waals surface area contributed by atoms with E-state index in [-0.39, 0.29) is 5.56 Å². The molecule has 0 aliphatic heterocycles. The van der Waals surface area contributed by atoms with Crippen molar-refractivity contribution in [2.45, 2.75) is 26.7 Å². The minimum Gasteiger partial charge on any atom is -0.377 e. The van der Waals surface area contributed by atoms with Crippen LogP contribution in [0.4, 0.5) is 0 Å². The highest BCUT2D eigenvalue weighted by Crippen LogP contribution is 2.05. The molecule has 0 saturated carbocycles. The number of aromatic amines is 1. The predicted octanol–water partition coefficient (Wildman–Crippen LogP) is 2.34. The molecule has 0 aliphatic rings. The van der Waals surface area contributed by atoms with E-state index >= 15 is 0 Å². The molecule has 0 spiro atoms. The molecule has 0 radical (unpaired) electrons. The molecule has 4 nitrogen and oxygen atoms in total. The zero-order valence-electron chi connectivity index (χ0n) is 10.9. The van der Waals surface area contributed by atoms with E-state index in [1.807, 2.05) is 6.20 Å². The van der Waals surface area contributed by atoms with Gasteiger partial charge in [0, 0.05) is 25.4 Å². The van der Waals surface area contributed by atoms with Gasteiger partial charge in [-0.25, -0.2) is 0 Å². The van der Waals surface area contributed by atoms with E-state index in [1.165, 1.54) is 6.07 Å². The molecular formula is C14H19N3O. The largest absolute Gasteiger partial charge is 0.377 e. The molecule has 0 atom stereocenters. The standard InChI is InChI=1S/C14H19N3O/c1-3-8-17(9-4-2)10-7-13-12(11-15)5-6-14(18)16-13/h5-7,10H,3-4,8-9H2,1-2H3,(H,16,18). The number of H-pyrrole nitrogens is 1. The van der Waals surface area contributed by atoms with E-state index in [0.29, 0.717) is 11.3 Å². The summed E-state index contributed by atoms with van der Waals surface area (Å²) in [5.74, 6) is 0. The van der Waals surface area contributed by atoms with Crippen molar-refractivity contribution >= 4 is 6.08 Å². The zero-order chi connectivity index (χ0) is 13.4. The highest BCUT2D eigenvalue weighted by atomic mass is 16.1. The van der Waals surface area contributed by atoms with E-state index in [1.54, 1.807) is 12.1 Å². The van der Waals surface area contributed by atoms with E-state index in [4.69, 9.17) is 5.26 Å². The monoisotopic (exact) mass is 245 g/mol. The second-order valence-corrected chi connectivity index (χ2v) is 4.11. The van der Waals surface area contributed by atoms with Crippen LogP contribution in [0.3, 0.4) is 0 Å². The number of hydrogen-bond donors (Lipinski definition) is 1. The number of aromatic nitrogens is 1. The molecule has 0 fully saturated rings. The summed E-state index contributed by atoms with van der Waals surface area (Å²) in [6, 6.07) is 4.98. The maximum absolute atomic E-state index is 11.2. The normalized spacial score (nSPS) is 10.5. The van der Waals surface area contributed by atoms with Crippen LogP contribution in [0.25, 0.3) is 6.08 Å². The van der Waals surface area contributed by atoms with Crippen LogP contribution in [0.5, 0.6) is 0 Å². The molecule has 0 amide bonds. The lowest BCUT2D eigenvalue weighted by Gasteiger charge is -2.18. The molecule has 18 heavy (non-hydrogen) atoms. The Hall–Kier alpha value is -2.02. The Morgan fingerprint density at radius 2 is 2.00 bits per heavy atom. The molecule has 96 valence electrons. The summed E-state index contributed by atoms with van der Waals surface area (Å²) in [5.41, 5.74) is 0.868. The van der Waals surface area contributed by atoms with Gasteiger partial charge < -0.3 is 9.88 Å². The first kappa shape index (κ1) is 14.0. The Kier molecular flexibility index (Phi) is 5.72. The van der Waals surface area contributed by atoms with Gasteiger partial charge in [-0.1, -0.05) is 13.8 Å². The molecule has 0 bridgehead atoms. The fraction of sp³-hybridized carbons (Fsp3) is 0.429. The lowest BCUT2D eigenvalue weighted by molar-refractivity contribution is 0.378. The molecule has 1 aromatic heterocycles. The van der Waals surface area contributed by atoms with Crippen LogP contribution in [-0.4, -0.2) is 23.0 Å². The molecule has 1 heterocycles. The second kappa shape index (κ2) is 7.33. The van der Waals surface area contributed by atoms with Crippen LogP contribution >= 0.6 is 0 Å². The first-order chi connectivity index (χ1) is 8.71. The van der Waals surface area contributed by atoms with Gasteiger partial charge in [0.1, 0.15) is 6.07 Å². The highest BCUT2D eigenvalue weighted by Gasteiger charge is 2.00. The molecule has 1 rings (SSSR count). The summed E-state index contributed by atoms with van der Waals surface area (Å²) >= 11 is 0. The van der Waals surface area contributed by atoms with Crippen molar-refractivity contribution in [3.05, 3.63) is 39.9 Å². The summed E-state index contributed by atoms with van der Waals surface area (Å²) in [6.45, 7) is 6.20. The number of nitriles is 1. The SMILES string of the molecule is CCCN(C=Cc1[nH]c(=O)ccc1C#N)CCC. The van der Waals surface area contributed by atoms with Crippen LogP contribution in [0.1, 0.15) is 37.9 Å². The molecule has 1 N–H and O–H groups in total. The first-order valence-electron chi connectivity index (χ1n) is 6.27. The number of pyridine rings is 1. The van der Waals surface area contributed by atoms with Crippen LogP contribution in [0, 0.1) is 11.3 Å². The average molecular weight is 245 g/mol. The lowest BCUT2D eigenvalue weighted by Crippen LogP contribution is -2.18. The third-order valence-corrected chi connectivity index (χ3v) is 2.54. The predicted molar refractivity (Wildman–Crippen MR) is 73.0 cm³/mol. The molecule has 0 saturated heterocycles. The van der Waals surface area contributed by atoms with E-state index in [2.05, 4.69) is 29.8 Å². The quantitative estimate of drug-likeness (QED) is 0.836. The zero-order valence-corrected chi connectivity index (χ0v) is 10.9. The number of hydrogen-bond acceptors (Lipinski definition) is 3. The molecular weight excluding hydrogens is 226 g/mol. The summed E-state index contributed by atoms with van der Waals surface area (Å²) in [6.07, 6.45) is 5.88. The van der Waals surface area contributed by atoms with Crippen LogP contribution < -0.4 is 5.56 Å². The Balaban J connectivity index is 2.91. The summed E-state index contributed by atoms with van der Waals surface area (Å²) in [7, 11) is 0. The average Bonchev–Trinajstić information content (AvgIpc) is 2.36. The minimum atomic E-state index is -0.189. The summed E-state index contributed by atoms with van der Waals surface area (Å²) < 4.78 is 0. The van der Waals surface area contributed by atoms with Crippen molar-refractivity contribution in [1.82, 2.24) is 9.88 Å². The third-order valence-electron chi connectivity index (χ3n) is 2.54. The molecule has 0 unspecified atom stereocenters. The topological polar surface area (TPSA) is 59.9 Å². The van der Waals surface area contributed by atoms with E-state index in [9.17, 15) is 4.79 Å². The Morgan fingerprint density at radius 3 is 2.56 bits per heavy atom. The lowest BCUT2D eigenvalue weighted by atomic mass is 10.2. The van der Waals surface area contributed by atoms with Gasteiger partial charge in [0.15, 0.2) is 0 Å². The fourth-order valence-electron chi connectivity index (χ4n) is 1.73. The van der Waals surface area contributed by atoms with Crippen LogP contribution in [0.2, 0.25) is 0 Å². The van der Waals surface area contributed by atoms with Gasteiger partial charge in [-0.3, -0.25) is 4.79 Å². The molecule has 0 aromatic carbocycles. The van der Waals surface area contributed by atoms with Crippen LogP contribution in [-0.2, 0) is 0 Å². The number of nitrogens with zero attached hydrogens (tertiary/aromatic N) is 2. The molecule has 1 aromatic rings. The third kappa shape index (κ3) is 4.10. The van der Waals surface area contributed by atoms with Crippen LogP contribution in [0.15, 0.2) is 23.1 Å². The van der Waals surface area contributed by atoms with Gasteiger partial charge in [0.2, 0.25) is 5.56 Å². The van der Waals surface area contributed by atoms with Crippen molar-refractivity contribution in [2.24, 2.45) is 0 Å². The van der Waals surface area contributed by atoms with Gasteiger partial charge in [0.05, 0.1) is 11.3 Å². The Morgan fingerprint density at radius 1 is 1.33 bits per heavy atom. The van der Waals surface area contributed by atoms with Crippen molar-refractivity contribution in [3.8, 4) is 6.07 Å². The second-order valence-electron chi connectivity index (χ2n) is 4.11. The summed E-state index contributed by atoms with van der Waals surface area (Å²) in [5, 5.41) is 8.96. The highest BCUT2D eigenvalue weighted by molar-refractivity contribution is 5.53. The van der Waals surface area contributed by atoms with Crippen molar-refractivity contribution < 1.29 is 0 Å². The number of rotatable bonds is 6. The van der Waals surface area contributed by atoms with E-state index in [0.717, 1.165) is 25.9 Å². The Bertz CT molecular complexity index is 490. The van der Waals surface area contributed by atoms with E-state index < -0.39 is 0 Å². The number of nitrogens with one attached hydrogen (secondary N) is 1. The Labute approximate surface area is 108 Å². The fourth-order valence-corrected chi connectivity index (χ4v) is 1.73. The van der Waals surface area contributed by atoms with Crippen molar-refractivity contribution in [3.63, 3.8) is 0 Å². The summed E-state index contributed by atoms with van der Waals surface area (Å²) in [4.78, 5) is 16.1. The van der Waals surface area contributed by atoms with Gasteiger partial charge in [-0.05, 0) is 25.0 Å². The maximum Gasteiger partial charge on any atom is 0.248 e. The van der Waals surface area contributed by atoms with Gasteiger partial charge in [-0.15, -0.1) is 0 Å². The minimum absolute atomic E-state index is 0.189. The first-order valence-corrected chi connectivity index (χ1v) is 6.27. The maximum atomic E-state index is 11.2. The van der Waals surface area contributed by atoms with Gasteiger partial charge in [-0.2, -0.15) is 5.26 Å². The van der Waals surface area contributed by atoms with Crippen molar-refractivity contribution in [2.75, 3.05) is 13.1 Å². The smallest absolute Gasteiger partial charge is 0.248 e. The van der Waals surface area contributed by atoms with Crippen molar-refractivity contribution in [1.29, 1.82) is 5.26 Å². The van der Waals surface area contributed by atoms with Gasteiger partial charge in [0.25, 0.3) is 0 Å². The van der Waals surface area contributed by atoms with Gasteiger partial charge >= 0.3 is 0 Å². The molecule has 4 heteroatoms.